The number of anilines is 1. The van der Waals surface area contributed by atoms with E-state index in [0.29, 0.717) is 34.3 Å². The van der Waals surface area contributed by atoms with Gasteiger partial charge in [0.1, 0.15) is 11.5 Å². The molecule has 0 aliphatic heterocycles. The van der Waals surface area contributed by atoms with E-state index < -0.39 is 0 Å². The van der Waals surface area contributed by atoms with E-state index in [1.54, 1.807) is 25.3 Å². The molecule has 3 aromatic rings. The van der Waals surface area contributed by atoms with Crippen molar-refractivity contribution in [2.24, 2.45) is 0 Å². The molecule has 0 bridgehead atoms. The zero-order valence-corrected chi connectivity index (χ0v) is 17.9. The molecule has 2 aromatic heterocycles. The number of methoxy groups -OCH3 is 2. The number of aryl methyl sites for hydroxylation is 3. The standard InChI is InChI=1S/C20H24N4O4S/c1-11-13(3)29-20(21-11)24-19(26)15(12(2)23-24)7-9-18(25)22-16-8-6-14(27-4)10-17(16)28-5/h6,8,10,23H,7,9H2,1-5H3,(H,22,25). The van der Waals surface area contributed by atoms with Crippen LogP contribution in [-0.2, 0) is 11.2 Å². The predicted molar refractivity (Wildman–Crippen MR) is 113 cm³/mol. The van der Waals surface area contributed by atoms with Crippen molar-refractivity contribution in [2.45, 2.75) is 33.6 Å². The number of nitrogens with one attached hydrogen (secondary N) is 2. The maximum Gasteiger partial charge on any atom is 0.276 e. The van der Waals surface area contributed by atoms with Gasteiger partial charge in [-0.2, -0.15) is 4.68 Å². The van der Waals surface area contributed by atoms with Crippen LogP contribution in [0.15, 0.2) is 23.0 Å². The summed E-state index contributed by atoms with van der Waals surface area (Å²) in [7, 11) is 3.09. The molecule has 0 saturated carbocycles. The highest BCUT2D eigenvalue weighted by molar-refractivity contribution is 7.14. The van der Waals surface area contributed by atoms with Gasteiger partial charge in [0, 0.05) is 28.6 Å². The van der Waals surface area contributed by atoms with Gasteiger partial charge in [-0.15, -0.1) is 0 Å². The maximum absolute atomic E-state index is 12.8. The van der Waals surface area contributed by atoms with Crippen LogP contribution in [-0.4, -0.2) is 34.9 Å². The summed E-state index contributed by atoms with van der Waals surface area (Å²) >= 11 is 1.45. The Kier molecular flexibility index (Phi) is 6.07. The second-order valence-electron chi connectivity index (χ2n) is 6.61. The van der Waals surface area contributed by atoms with Gasteiger partial charge in [0.25, 0.3) is 5.56 Å². The smallest absolute Gasteiger partial charge is 0.276 e. The van der Waals surface area contributed by atoms with Crippen LogP contribution >= 0.6 is 11.3 Å². The van der Waals surface area contributed by atoms with E-state index in [4.69, 9.17) is 9.47 Å². The largest absolute Gasteiger partial charge is 0.497 e. The van der Waals surface area contributed by atoms with Gasteiger partial charge in [-0.05, 0) is 39.3 Å². The van der Waals surface area contributed by atoms with Crippen molar-refractivity contribution < 1.29 is 14.3 Å². The van der Waals surface area contributed by atoms with Gasteiger partial charge in [0.2, 0.25) is 11.0 Å². The zero-order valence-electron chi connectivity index (χ0n) is 17.1. The molecule has 1 amide bonds. The minimum atomic E-state index is -0.207. The van der Waals surface area contributed by atoms with Crippen LogP contribution in [0.25, 0.3) is 5.13 Å². The molecule has 1 aromatic carbocycles. The van der Waals surface area contributed by atoms with E-state index in [1.807, 2.05) is 20.8 Å². The van der Waals surface area contributed by atoms with Gasteiger partial charge in [-0.3, -0.25) is 14.7 Å². The molecule has 0 aliphatic rings. The third kappa shape index (κ3) is 4.34. The second-order valence-corrected chi connectivity index (χ2v) is 7.79. The Bertz CT molecular complexity index is 1080. The molecule has 0 radical (unpaired) electrons. The predicted octanol–water partition coefficient (Wildman–Crippen LogP) is 3.14. The molecule has 9 heteroatoms. The summed E-state index contributed by atoms with van der Waals surface area (Å²) in [6, 6.07) is 5.16. The Morgan fingerprint density at radius 1 is 1.24 bits per heavy atom. The summed E-state index contributed by atoms with van der Waals surface area (Å²) < 4.78 is 11.9. The Labute approximate surface area is 172 Å². The van der Waals surface area contributed by atoms with Crippen molar-refractivity contribution >= 4 is 22.9 Å². The number of thiazole rings is 1. The fourth-order valence-electron chi connectivity index (χ4n) is 2.91. The Morgan fingerprint density at radius 2 is 2.00 bits per heavy atom. The number of nitrogens with zero attached hydrogens (tertiary/aromatic N) is 2. The zero-order chi connectivity index (χ0) is 21.1. The highest BCUT2D eigenvalue weighted by atomic mass is 32.1. The molecule has 2 heterocycles. The first kappa shape index (κ1) is 20.7. The van der Waals surface area contributed by atoms with Crippen molar-refractivity contribution in [1.82, 2.24) is 14.8 Å². The number of carbonyl (C=O) groups is 1. The average molecular weight is 417 g/mol. The molecule has 2 N–H and O–H groups in total. The number of aromatic nitrogens is 3. The van der Waals surface area contributed by atoms with Crippen molar-refractivity contribution in [3.8, 4) is 16.6 Å². The second kappa shape index (κ2) is 8.52. The molecule has 3 rings (SSSR count). The van der Waals surface area contributed by atoms with E-state index in [-0.39, 0.29) is 17.9 Å². The number of rotatable bonds is 7. The fraction of sp³-hybridized carbons (Fsp3) is 0.350. The number of aromatic amines is 1. The van der Waals surface area contributed by atoms with Gasteiger partial charge in [0.15, 0.2) is 0 Å². The lowest BCUT2D eigenvalue weighted by Gasteiger charge is -2.11. The molecule has 29 heavy (non-hydrogen) atoms. The quantitative estimate of drug-likeness (QED) is 0.617. The summed E-state index contributed by atoms with van der Waals surface area (Å²) in [4.78, 5) is 30.7. The van der Waals surface area contributed by atoms with Crippen molar-refractivity contribution in [3.05, 3.63) is 50.4 Å². The molecule has 154 valence electrons. The first-order chi connectivity index (χ1) is 13.8. The first-order valence-corrected chi connectivity index (χ1v) is 9.92. The van der Waals surface area contributed by atoms with E-state index in [1.165, 1.54) is 23.1 Å². The normalized spacial score (nSPS) is 10.8. The fourth-order valence-corrected chi connectivity index (χ4v) is 3.78. The summed E-state index contributed by atoms with van der Waals surface area (Å²) in [6.45, 7) is 5.70. The van der Waals surface area contributed by atoms with Gasteiger partial charge < -0.3 is 14.8 Å². The van der Waals surface area contributed by atoms with E-state index in [2.05, 4.69) is 15.4 Å². The number of hydrogen-bond acceptors (Lipinski definition) is 6. The maximum atomic E-state index is 12.8. The lowest BCUT2D eigenvalue weighted by atomic mass is 10.1. The molecule has 0 unspecified atom stereocenters. The first-order valence-electron chi connectivity index (χ1n) is 9.10. The van der Waals surface area contributed by atoms with Crippen LogP contribution in [0.1, 0.15) is 28.2 Å². The van der Waals surface area contributed by atoms with Crippen LogP contribution in [0.3, 0.4) is 0 Å². The van der Waals surface area contributed by atoms with Crippen molar-refractivity contribution in [2.75, 3.05) is 19.5 Å². The number of carbonyl (C=O) groups excluding carboxylic acids is 1. The van der Waals surface area contributed by atoms with Crippen LogP contribution in [0.5, 0.6) is 11.5 Å². The van der Waals surface area contributed by atoms with Gasteiger partial charge in [-0.25, -0.2) is 4.98 Å². The third-order valence-corrected chi connectivity index (χ3v) is 5.74. The Hall–Kier alpha value is -3.07. The van der Waals surface area contributed by atoms with Crippen LogP contribution in [0, 0.1) is 20.8 Å². The molecule has 0 aliphatic carbocycles. The van der Waals surface area contributed by atoms with Crippen LogP contribution in [0.4, 0.5) is 5.69 Å². The summed E-state index contributed by atoms with van der Waals surface area (Å²) in [5, 5.41) is 6.49. The lowest BCUT2D eigenvalue weighted by molar-refractivity contribution is -0.116. The topological polar surface area (TPSA) is 98.2 Å². The third-order valence-electron chi connectivity index (χ3n) is 4.69. The monoisotopic (exact) mass is 416 g/mol. The number of amides is 1. The Balaban J connectivity index is 1.72. The molecule has 0 saturated heterocycles. The van der Waals surface area contributed by atoms with Gasteiger partial charge >= 0.3 is 0 Å². The Morgan fingerprint density at radius 3 is 2.62 bits per heavy atom. The van der Waals surface area contributed by atoms with Crippen molar-refractivity contribution in [1.29, 1.82) is 0 Å². The summed E-state index contributed by atoms with van der Waals surface area (Å²) in [5.41, 5.74) is 2.59. The molecule has 0 atom stereocenters. The number of hydrogen-bond donors (Lipinski definition) is 2. The average Bonchev–Trinajstić information content (AvgIpc) is 3.18. The van der Waals surface area contributed by atoms with Crippen LogP contribution < -0.4 is 20.3 Å². The minimum absolute atomic E-state index is 0.166. The molecular formula is C20H24N4O4S. The summed E-state index contributed by atoms with van der Waals surface area (Å²) in [5.74, 6) is 0.935. The van der Waals surface area contributed by atoms with E-state index >= 15 is 0 Å². The SMILES string of the molecule is COc1ccc(NC(=O)CCc2c(C)[nH]n(-c3nc(C)c(C)s3)c2=O)c(OC)c1. The number of ether oxygens (including phenoxy) is 2. The molecular weight excluding hydrogens is 392 g/mol. The minimum Gasteiger partial charge on any atom is -0.497 e. The van der Waals surface area contributed by atoms with Crippen molar-refractivity contribution in [3.63, 3.8) is 0 Å². The molecule has 0 spiro atoms. The van der Waals surface area contributed by atoms with E-state index in [9.17, 15) is 9.59 Å². The molecule has 0 fully saturated rings. The number of benzene rings is 1. The highest BCUT2D eigenvalue weighted by Gasteiger charge is 2.17. The highest BCUT2D eigenvalue weighted by Crippen LogP contribution is 2.29. The molecule has 8 nitrogen and oxygen atoms in total. The van der Waals surface area contributed by atoms with Gasteiger partial charge in [0.05, 0.1) is 25.6 Å². The lowest BCUT2D eigenvalue weighted by Crippen LogP contribution is -2.19. The van der Waals surface area contributed by atoms with E-state index in [0.717, 1.165) is 16.3 Å². The number of H-pyrrole nitrogens is 1. The summed E-state index contributed by atoms with van der Waals surface area (Å²) in [6.07, 6.45) is 0.487. The van der Waals surface area contributed by atoms with Crippen LogP contribution in [0.2, 0.25) is 0 Å². The van der Waals surface area contributed by atoms with Gasteiger partial charge in [-0.1, -0.05) is 11.3 Å².